The maximum Gasteiger partial charge on any atom is 0.0129 e. The SMILES string of the molecule is CNCCC1CCCCN1C1CC(C)(C)CC1C. The highest BCUT2D eigenvalue weighted by Gasteiger charge is 2.41. The molecule has 1 aliphatic carbocycles. The predicted octanol–water partition coefficient (Wildman–Crippen LogP) is 3.28. The fourth-order valence-corrected chi connectivity index (χ4v) is 4.38. The highest BCUT2D eigenvalue weighted by atomic mass is 15.2. The molecule has 2 nitrogen and oxygen atoms in total. The maximum absolute atomic E-state index is 3.33. The van der Waals surface area contributed by atoms with Crippen molar-refractivity contribution in [3.63, 3.8) is 0 Å². The van der Waals surface area contributed by atoms with Crippen LogP contribution < -0.4 is 5.32 Å². The quantitative estimate of drug-likeness (QED) is 0.826. The van der Waals surface area contributed by atoms with Gasteiger partial charge in [-0.25, -0.2) is 0 Å². The molecule has 1 aliphatic heterocycles. The highest BCUT2D eigenvalue weighted by molar-refractivity contribution is 4.95. The standard InChI is InChI=1S/C16H32N2/c1-13-11-16(2,3)12-15(13)18-10-6-5-7-14(18)8-9-17-4/h13-15,17H,5-12H2,1-4H3. The lowest BCUT2D eigenvalue weighted by molar-refractivity contribution is 0.0695. The number of nitrogens with one attached hydrogen (secondary N) is 1. The van der Waals surface area contributed by atoms with Crippen LogP contribution in [0, 0.1) is 11.3 Å². The summed E-state index contributed by atoms with van der Waals surface area (Å²) >= 11 is 0. The zero-order chi connectivity index (χ0) is 13.2. The van der Waals surface area contributed by atoms with Crippen molar-refractivity contribution in [2.24, 2.45) is 11.3 Å². The Morgan fingerprint density at radius 1 is 1.22 bits per heavy atom. The van der Waals surface area contributed by atoms with Crippen molar-refractivity contribution in [2.45, 2.75) is 71.4 Å². The Hall–Kier alpha value is -0.0800. The van der Waals surface area contributed by atoms with E-state index in [1.807, 2.05) is 0 Å². The van der Waals surface area contributed by atoms with E-state index in [2.05, 4.69) is 38.0 Å². The summed E-state index contributed by atoms with van der Waals surface area (Å²) in [6.45, 7) is 9.90. The molecule has 2 fully saturated rings. The molecule has 2 rings (SSSR count). The van der Waals surface area contributed by atoms with Crippen LogP contribution in [0.5, 0.6) is 0 Å². The lowest BCUT2D eigenvalue weighted by atomic mass is 9.90. The Kier molecular flexibility index (Phi) is 4.71. The molecule has 18 heavy (non-hydrogen) atoms. The van der Waals surface area contributed by atoms with E-state index in [0.29, 0.717) is 5.41 Å². The van der Waals surface area contributed by atoms with Gasteiger partial charge in [0.2, 0.25) is 0 Å². The van der Waals surface area contributed by atoms with Crippen molar-refractivity contribution < 1.29 is 0 Å². The lowest BCUT2D eigenvalue weighted by Gasteiger charge is -2.42. The molecule has 2 aliphatic rings. The third-order valence-corrected chi connectivity index (χ3v) is 5.12. The topological polar surface area (TPSA) is 15.3 Å². The minimum Gasteiger partial charge on any atom is -0.320 e. The highest BCUT2D eigenvalue weighted by Crippen LogP contribution is 2.44. The number of likely N-dealkylation sites (tertiary alicyclic amines) is 1. The van der Waals surface area contributed by atoms with Crippen LogP contribution in [0.4, 0.5) is 0 Å². The molecular weight excluding hydrogens is 220 g/mol. The van der Waals surface area contributed by atoms with Gasteiger partial charge >= 0.3 is 0 Å². The zero-order valence-electron chi connectivity index (χ0n) is 12.8. The molecular formula is C16H32N2. The summed E-state index contributed by atoms with van der Waals surface area (Å²) < 4.78 is 0. The van der Waals surface area contributed by atoms with Crippen LogP contribution in [0.1, 0.15) is 59.3 Å². The first-order chi connectivity index (χ1) is 8.53. The van der Waals surface area contributed by atoms with Gasteiger partial charge in [0, 0.05) is 12.1 Å². The molecule has 1 heterocycles. The fraction of sp³-hybridized carbons (Fsp3) is 1.00. The van der Waals surface area contributed by atoms with Gasteiger partial charge < -0.3 is 5.32 Å². The van der Waals surface area contributed by atoms with Gasteiger partial charge in [-0.3, -0.25) is 4.90 Å². The molecule has 0 bridgehead atoms. The van der Waals surface area contributed by atoms with Gasteiger partial charge in [0.25, 0.3) is 0 Å². The molecule has 0 aromatic carbocycles. The number of piperidine rings is 1. The monoisotopic (exact) mass is 252 g/mol. The fourth-order valence-electron chi connectivity index (χ4n) is 4.38. The van der Waals surface area contributed by atoms with Gasteiger partial charge in [0.05, 0.1) is 0 Å². The first-order valence-electron chi connectivity index (χ1n) is 7.94. The van der Waals surface area contributed by atoms with Gasteiger partial charge in [-0.2, -0.15) is 0 Å². The van der Waals surface area contributed by atoms with E-state index >= 15 is 0 Å². The number of nitrogens with zero attached hydrogens (tertiary/aromatic N) is 1. The summed E-state index contributed by atoms with van der Waals surface area (Å²) in [7, 11) is 2.08. The van der Waals surface area contributed by atoms with E-state index < -0.39 is 0 Å². The van der Waals surface area contributed by atoms with E-state index in [1.165, 1.54) is 51.6 Å². The molecule has 1 saturated heterocycles. The van der Waals surface area contributed by atoms with Crippen LogP contribution >= 0.6 is 0 Å². The molecule has 106 valence electrons. The summed E-state index contributed by atoms with van der Waals surface area (Å²) in [4.78, 5) is 2.88. The third-order valence-electron chi connectivity index (χ3n) is 5.12. The minimum atomic E-state index is 0.565. The number of hydrogen-bond acceptors (Lipinski definition) is 2. The van der Waals surface area contributed by atoms with Crippen molar-refractivity contribution in [2.75, 3.05) is 20.1 Å². The van der Waals surface area contributed by atoms with Crippen LogP contribution in [-0.2, 0) is 0 Å². The van der Waals surface area contributed by atoms with E-state index in [1.54, 1.807) is 0 Å². The van der Waals surface area contributed by atoms with E-state index in [-0.39, 0.29) is 0 Å². The van der Waals surface area contributed by atoms with Crippen molar-refractivity contribution >= 4 is 0 Å². The van der Waals surface area contributed by atoms with Crippen molar-refractivity contribution in [3.8, 4) is 0 Å². The summed E-state index contributed by atoms with van der Waals surface area (Å²) in [6.07, 6.45) is 8.43. The normalized spacial score (nSPS) is 37.0. The largest absolute Gasteiger partial charge is 0.320 e. The van der Waals surface area contributed by atoms with Crippen LogP contribution in [0.2, 0.25) is 0 Å². The van der Waals surface area contributed by atoms with Crippen LogP contribution in [0.3, 0.4) is 0 Å². The molecule has 1 N–H and O–H groups in total. The van der Waals surface area contributed by atoms with Gasteiger partial charge in [-0.05, 0) is 63.6 Å². The second-order valence-electron chi connectivity index (χ2n) is 7.40. The third kappa shape index (κ3) is 3.27. The van der Waals surface area contributed by atoms with Crippen molar-refractivity contribution in [1.82, 2.24) is 10.2 Å². The number of rotatable bonds is 4. The molecule has 2 heteroatoms. The molecule has 0 amide bonds. The Morgan fingerprint density at radius 2 is 2.00 bits per heavy atom. The van der Waals surface area contributed by atoms with Crippen LogP contribution in [0.25, 0.3) is 0 Å². The van der Waals surface area contributed by atoms with E-state index in [4.69, 9.17) is 0 Å². The van der Waals surface area contributed by atoms with E-state index in [0.717, 1.165) is 18.0 Å². The average Bonchev–Trinajstić information content (AvgIpc) is 2.60. The Balaban J connectivity index is 2.00. The first kappa shape index (κ1) is 14.3. The molecule has 0 spiro atoms. The molecule has 0 aromatic rings. The van der Waals surface area contributed by atoms with Crippen molar-refractivity contribution in [1.29, 1.82) is 0 Å². The lowest BCUT2D eigenvalue weighted by Crippen LogP contribution is -2.48. The molecule has 0 aromatic heterocycles. The zero-order valence-corrected chi connectivity index (χ0v) is 12.8. The van der Waals surface area contributed by atoms with Gasteiger partial charge in [0.15, 0.2) is 0 Å². The first-order valence-corrected chi connectivity index (χ1v) is 7.94. The summed E-state index contributed by atoms with van der Waals surface area (Å²) in [5.74, 6) is 0.884. The molecule has 3 atom stereocenters. The Bertz CT molecular complexity index is 262. The minimum absolute atomic E-state index is 0.565. The maximum atomic E-state index is 3.33. The summed E-state index contributed by atoms with van der Waals surface area (Å²) in [6, 6.07) is 1.69. The second-order valence-corrected chi connectivity index (χ2v) is 7.40. The molecule has 3 unspecified atom stereocenters. The van der Waals surface area contributed by atoms with Crippen LogP contribution in [-0.4, -0.2) is 37.1 Å². The van der Waals surface area contributed by atoms with Crippen LogP contribution in [0.15, 0.2) is 0 Å². The smallest absolute Gasteiger partial charge is 0.0129 e. The summed E-state index contributed by atoms with van der Waals surface area (Å²) in [5, 5.41) is 3.33. The average molecular weight is 252 g/mol. The number of hydrogen-bond donors (Lipinski definition) is 1. The van der Waals surface area contributed by atoms with Gasteiger partial charge in [-0.15, -0.1) is 0 Å². The second kappa shape index (κ2) is 5.92. The predicted molar refractivity (Wildman–Crippen MR) is 78.9 cm³/mol. The van der Waals surface area contributed by atoms with Gasteiger partial charge in [-0.1, -0.05) is 27.2 Å². The summed E-state index contributed by atoms with van der Waals surface area (Å²) in [5.41, 5.74) is 0.565. The Labute approximate surface area is 114 Å². The van der Waals surface area contributed by atoms with Gasteiger partial charge in [0.1, 0.15) is 0 Å². The van der Waals surface area contributed by atoms with Crippen molar-refractivity contribution in [3.05, 3.63) is 0 Å². The molecule has 1 saturated carbocycles. The van der Waals surface area contributed by atoms with E-state index in [9.17, 15) is 0 Å². The Morgan fingerprint density at radius 3 is 2.61 bits per heavy atom. The molecule has 0 radical (unpaired) electrons.